The van der Waals surface area contributed by atoms with Gasteiger partial charge in [0.15, 0.2) is 0 Å². The average molecular weight is 471 g/mol. The third-order valence-corrected chi connectivity index (χ3v) is 8.83. The molecule has 4 aliphatic rings. The van der Waals surface area contributed by atoms with Gasteiger partial charge in [-0.25, -0.2) is 4.79 Å². The van der Waals surface area contributed by atoms with Crippen LogP contribution < -0.4 is 0 Å². The van der Waals surface area contributed by atoms with Crippen molar-refractivity contribution in [3.63, 3.8) is 0 Å². The number of hydrogen-bond acceptors (Lipinski definition) is 4. The molecule has 0 spiro atoms. The van der Waals surface area contributed by atoms with Gasteiger partial charge in [-0.1, -0.05) is 54.6 Å². The summed E-state index contributed by atoms with van der Waals surface area (Å²) in [6, 6.07) is 17.2. The minimum absolute atomic E-state index is 0.0531. The molecule has 1 amide bonds. The fraction of sp³-hybridized carbons (Fsp3) is 0.480. The van der Waals surface area contributed by atoms with Crippen molar-refractivity contribution in [2.45, 2.75) is 24.8 Å². The zero-order chi connectivity index (χ0) is 23.2. The maximum Gasteiger partial charge on any atom is 0.408 e. The van der Waals surface area contributed by atoms with Gasteiger partial charge in [-0.3, -0.25) is 9.45 Å². The number of fused-ring (bicyclic) bond motifs is 4. The van der Waals surface area contributed by atoms with Gasteiger partial charge in [0.2, 0.25) is 0 Å². The number of rotatable bonds is 5. The molecule has 2 aromatic carbocycles. The van der Waals surface area contributed by atoms with Crippen molar-refractivity contribution in [2.24, 2.45) is 17.8 Å². The summed E-state index contributed by atoms with van der Waals surface area (Å²) in [4.78, 5) is 16.6. The average Bonchev–Trinajstić information content (AvgIpc) is 2.82. The van der Waals surface area contributed by atoms with Crippen LogP contribution in [0, 0.1) is 17.8 Å². The molecule has 3 saturated heterocycles. The van der Waals surface area contributed by atoms with Crippen molar-refractivity contribution in [1.82, 2.24) is 9.80 Å². The van der Waals surface area contributed by atoms with Crippen LogP contribution in [0.15, 0.2) is 54.6 Å². The Hall–Kier alpha value is -2.42. The molecule has 33 heavy (non-hydrogen) atoms. The second-order valence-electron chi connectivity index (χ2n) is 9.63. The molecule has 2 aromatic rings. The topological polar surface area (TPSA) is 98.2 Å². The van der Waals surface area contributed by atoms with Crippen molar-refractivity contribution >= 4 is 16.2 Å². The molecule has 8 heteroatoms. The molecule has 0 radical (unpaired) electrons. The SMILES string of the molecule is O=C(O)N1CCc2ccccc2[C@@]1(c1ccccc1)C(CS(=O)(=O)O)[C@@H]1CN2CCC1CC2. The maximum atomic E-state index is 12.8. The molecule has 4 aliphatic heterocycles. The van der Waals surface area contributed by atoms with Crippen LogP contribution in [0.2, 0.25) is 0 Å². The van der Waals surface area contributed by atoms with E-state index in [9.17, 15) is 22.9 Å². The van der Waals surface area contributed by atoms with Gasteiger partial charge < -0.3 is 10.0 Å². The summed E-state index contributed by atoms with van der Waals surface area (Å²) in [5.74, 6) is -0.857. The van der Waals surface area contributed by atoms with Gasteiger partial charge in [-0.05, 0) is 60.9 Å². The van der Waals surface area contributed by atoms with Gasteiger partial charge >= 0.3 is 6.09 Å². The van der Waals surface area contributed by atoms with Crippen LogP contribution in [0.25, 0.3) is 0 Å². The van der Waals surface area contributed by atoms with Crippen molar-refractivity contribution < 1.29 is 22.9 Å². The molecule has 1 unspecified atom stereocenters. The summed E-state index contributed by atoms with van der Waals surface area (Å²) in [7, 11) is -4.37. The zero-order valence-electron chi connectivity index (χ0n) is 18.5. The highest BCUT2D eigenvalue weighted by molar-refractivity contribution is 7.85. The predicted molar refractivity (Wildman–Crippen MR) is 125 cm³/mol. The fourth-order valence-electron chi connectivity index (χ4n) is 6.78. The van der Waals surface area contributed by atoms with E-state index in [1.807, 2.05) is 54.6 Å². The smallest absolute Gasteiger partial charge is 0.408 e. The third kappa shape index (κ3) is 3.84. The molecule has 2 bridgehead atoms. The molecule has 0 saturated carbocycles. The first kappa shape index (κ1) is 22.4. The van der Waals surface area contributed by atoms with Crippen LogP contribution in [0.3, 0.4) is 0 Å². The van der Waals surface area contributed by atoms with Gasteiger partial charge in [0.1, 0.15) is 5.54 Å². The zero-order valence-corrected chi connectivity index (χ0v) is 19.3. The Labute approximate surface area is 194 Å². The Balaban J connectivity index is 1.81. The lowest BCUT2D eigenvalue weighted by atomic mass is 9.60. The standard InChI is InChI=1S/C25H30N2O5S/c28-24(29)27-15-12-19-6-4-5-9-22(19)25(27,20-7-2-1-3-8-20)23(17-33(30,31)32)21-16-26-13-10-18(21)11-14-26/h1-9,18,21,23H,10-17H2,(H,28,29)(H,30,31,32)/t21-,23?,25+/m1/s1. The molecule has 0 aliphatic carbocycles. The van der Waals surface area contributed by atoms with Crippen molar-refractivity contribution in [2.75, 3.05) is 31.9 Å². The maximum absolute atomic E-state index is 12.8. The number of piperidine rings is 3. The quantitative estimate of drug-likeness (QED) is 0.651. The molecule has 3 fully saturated rings. The Morgan fingerprint density at radius 1 is 1.03 bits per heavy atom. The summed E-state index contributed by atoms with van der Waals surface area (Å²) in [6.45, 7) is 2.95. The van der Waals surface area contributed by atoms with E-state index in [-0.39, 0.29) is 12.5 Å². The Morgan fingerprint density at radius 2 is 1.70 bits per heavy atom. The molecule has 0 aromatic heterocycles. The number of carboxylic acid groups (broad SMARTS) is 1. The first-order chi connectivity index (χ1) is 15.8. The van der Waals surface area contributed by atoms with Gasteiger partial charge in [-0.15, -0.1) is 0 Å². The minimum Gasteiger partial charge on any atom is -0.465 e. The van der Waals surface area contributed by atoms with Crippen LogP contribution in [0.5, 0.6) is 0 Å². The van der Waals surface area contributed by atoms with E-state index in [1.54, 1.807) is 0 Å². The highest BCUT2D eigenvalue weighted by atomic mass is 32.2. The van der Waals surface area contributed by atoms with Crippen LogP contribution in [-0.2, 0) is 22.1 Å². The van der Waals surface area contributed by atoms with E-state index < -0.39 is 33.4 Å². The number of benzene rings is 2. The predicted octanol–water partition coefficient (Wildman–Crippen LogP) is 3.31. The fourth-order valence-corrected chi connectivity index (χ4v) is 7.72. The van der Waals surface area contributed by atoms with Gasteiger partial charge in [0.25, 0.3) is 10.1 Å². The highest BCUT2D eigenvalue weighted by Gasteiger charge is 2.57. The number of amides is 1. The molecule has 2 N–H and O–H groups in total. The van der Waals surface area contributed by atoms with E-state index in [0.717, 1.165) is 49.2 Å². The summed E-state index contributed by atoms with van der Waals surface area (Å²) in [5.41, 5.74) is 1.40. The first-order valence-electron chi connectivity index (χ1n) is 11.6. The second-order valence-corrected chi connectivity index (χ2v) is 11.1. The minimum atomic E-state index is -4.37. The summed E-state index contributed by atoms with van der Waals surface area (Å²) < 4.78 is 35.1. The molecule has 176 valence electrons. The summed E-state index contributed by atoms with van der Waals surface area (Å²) in [5, 5.41) is 10.4. The Bertz CT molecular complexity index is 1130. The molecule has 6 rings (SSSR count). The molecule has 7 nitrogen and oxygen atoms in total. The van der Waals surface area contributed by atoms with E-state index in [1.165, 1.54) is 4.90 Å². The lowest BCUT2D eigenvalue weighted by Crippen LogP contribution is -2.63. The third-order valence-electron chi connectivity index (χ3n) is 8.05. The number of carbonyl (C=O) groups is 1. The van der Waals surface area contributed by atoms with E-state index in [4.69, 9.17) is 0 Å². The largest absolute Gasteiger partial charge is 0.465 e. The van der Waals surface area contributed by atoms with E-state index in [0.29, 0.717) is 12.3 Å². The van der Waals surface area contributed by atoms with Crippen molar-refractivity contribution in [1.29, 1.82) is 0 Å². The Morgan fingerprint density at radius 3 is 2.30 bits per heavy atom. The summed E-state index contributed by atoms with van der Waals surface area (Å²) >= 11 is 0. The molecular weight excluding hydrogens is 440 g/mol. The van der Waals surface area contributed by atoms with Crippen LogP contribution in [-0.4, -0.2) is 65.9 Å². The highest BCUT2D eigenvalue weighted by Crippen LogP contribution is 2.53. The van der Waals surface area contributed by atoms with E-state index >= 15 is 0 Å². The van der Waals surface area contributed by atoms with Crippen molar-refractivity contribution in [3.8, 4) is 0 Å². The normalized spacial score (nSPS) is 30.0. The second kappa shape index (κ2) is 8.42. The van der Waals surface area contributed by atoms with Crippen molar-refractivity contribution in [3.05, 3.63) is 71.3 Å². The summed E-state index contributed by atoms with van der Waals surface area (Å²) in [6.07, 6.45) is 1.42. The van der Waals surface area contributed by atoms with E-state index in [2.05, 4.69) is 4.90 Å². The van der Waals surface area contributed by atoms with Gasteiger partial charge in [0, 0.05) is 19.0 Å². The first-order valence-corrected chi connectivity index (χ1v) is 13.2. The van der Waals surface area contributed by atoms with Crippen LogP contribution in [0.1, 0.15) is 29.5 Å². The molecule has 3 atom stereocenters. The van der Waals surface area contributed by atoms with Crippen LogP contribution in [0.4, 0.5) is 4.79 Å². The lowest BCUT2D eigenvalue weighted by Gasteiger charge is -2.57. The number of nitrogens with zero attached hydrogens (tertiary/aromatic N) is 2. The number of hydrogen-bond donors (Lipinski definition) is 2. The van der Waals surface area contributed by atoms with Gasteiger partial charge in [-0.2, -0.15) is 8.42 Å². The van der Waals surface area contributed by atoms with Crippen LogP contribution >= 0.6 is 0 Å². The monoisotopic (exact) mass is 470 g/mol. The Kier molecular flexibility index (Phi) is 5.71. The lowest BCUT2D eigenvalue weighted by molar-refractivity contribution is -0.0319. The molecule has 4 heterocycles. The van der Waals surface area contributed by atoms with Gasteiger partial charge in [0.05, 0.1) is 5.75 Å². The molecular formula is C25H30N2O5S.